The summed E-state index contributed by atoms with van der Waals surface area (Å²) in [6, 6.07) is 2.55. The van der Waals surface area contributed by atoms with Crippen molar-refractivity contribution in [3.05, 3.63) is 27.7 Å². The summed E-state index contributed by atoms with van der Waals surface area (Å²) < 4.78 is 32.0. The first-order valence-electron chi connectivity index (χ1n) is 7.11. The maximum Gasteiger partial charge on any atom is 0.255 e. The van der Waals surface area contributed by atoms with E-state index in [1.54, 1.807) is 7.05 Å². The standard InChI is InChI=1S/C14H18Cl2N2O4S/c1-3-17(2)14(19)10-8-13(12(16)9-11(10)15)23(20,21)18-4-6-22-7-5-18/h8-9H,3-7H2,1-2H3. The molecule has 1 aromatic rings. The van der Waals surface area contributed by atoms with Gasteiger partial charge in [-0.3, -0.25) is 4.79 Å². The molecule has 0 aliphatic carbocycles. The lowest BCUT2D eigenvalue weighted by Gasteiger charge is -2.26. The number of hydrogen-bond donors (Lipinski definition) is 0. The summed E-state index contributed by atoms with van der Waals surface area (Å²) in [7, 11) is -2.19. The Kier molecular flexibility index (Phi) is 5.91. The summed E-state index contributed by atoms with van der Waals surface area (Å²) in [5.74, 6) is -0.354. The summed E-state index contributed by atoms with van der Waals surface area (Å²) in [4.78, 5) is 13.7. The Bertz CT molecular complexity index is 703. The Morgan fingerprint density at radius 2 is 1.87 bits per heavy atom. The molecule has 0 N–H and O–H groups in total. The van der Waals surface area contributed by atoms with E-state index in [4.69, 9.17) is 27.9 Å². The monoisotopic (exact) mass is 380 g/mol. The highest BCUT2D eigenvalue weighted by Gasteiger charge is 2.30. The van der Waals surface area contributed by atoms with Gasteiger partial charge >= 0.3 is 0 Å². The number of ether oxygens (including phenoxy) is 1. The fourth-order valence-corrected chi connectivity index (χ4v) is 4.40. The average Bonchev–Trinajstić information content (AvgIpc) is 2.54. The maximum absolute atomic E-state index is 12.8. The Hall–Kier alpha value is -0.860. The van der Waals surface area contributed by atoms with Gasteiger partial charge in [-0.25, -0.2) is 8.42 Å². The number of morpholine rings is 1. The lowest BCUT2D eigenvalue weighted by Crippen LogP contribution is -2.40. The molecule has 0 spiro atoms. The van der Waals surface area contributed by atoms with Gasteiger partial charge in [0.25, 0.3) is 5.91 Å². The van der Waals surface area contributed by atoms with Crippen molar-refractivity contribution >= 4 is 39.1 Å². The molecule has 1 aliphatic rings. The molecule has 1 heterocycles. The van der Waals surface area contributed by atoms with E-state index in [0.717, 1.165) is 0 Å². The van der Waals surface area contributed by atoms with Gasteiger partial charge in [0, 0.05) is 26.7 Å². The van der Waals surface area contributed by atoms with Crippen LogP contribution in [0.2, 0.25) is 10.0 Å². The molecule has 0 radical (unpaired) electrons. The summed E-state index contributed by atoms with van der Waals surface area (Å²) in [6.07, 6.45) is 0. The second kappa shape index (κ2) is 7.36. The van der Waals surface area contributed by atoms with Crippen LogP contribution < -0.4 is 0 Å². The molecular formula is C14H18Cl2N2O4S. The van der Waals surface area contributed by atoms with E-state index in [-0.39, 0.29) is 39.5 Å². The van der Waals surface area contributed by atoms with Crippen molar-refractivity contribution in [1.82, 2.24) is 9.21 Å². The maximum atomic E-state index is 12.8. The largest absolute Gasteiger partial charge is 0.379 e. The smallest absolute Gasteiger partial charge is 0.255 e. The van der Waals surface area contributed by atoms with Crippen LogP contribution in [0.1, 0.15) is 17.3 Å². The van der Waals surface area contributed by atoms with Gasteiger partial charge in [0.15, 0.2) is 0 Å². The molecule has 6 nitrogen and oxygen atoms in total. The molecule has 1 aromatic carbocycles. The van der Waals surface area contributed by atoms with Crippen LogP contribution in [0.4, 0.5) is 0 Å². The number of sulfonamides is 1. The highest BCUT2D eigenvalue weighted by molar-refractivity contribution is 7.89. The first kappa shape index (κ1) is 18.5. The number of carbonyl (C=O) groups excluding carboxylic acids is 1. The Morgan fingerprint density at radius 3 is 2.43 bits per heavy atom. The SMILES string of the molecule is CCN(C)C(=O)c1cc(S(=O)(=O)N2CCOCC2)c(Cl)cc1Cl. The Morgan fingerprint density at radius 1 is 1.26 bits per heavy atom. The van der Waals surface area contributed by atoms with Crippen molar-refractivity contribution in [3.8, 4) is 0 Å². The Labute approximate surface area is 146 Å². The predicted molar refractivity (Wildman–Crippen MR) is 88.7 cm³/mol. The molecule has 1 saturated heterocycles. The van der Waals surface area contributed by atoms with Crippen LogP contribution in [0.3, 0.4) is 0 Å². The van der Waals surface area contributed by atoms with Gasteiger partial charge < -0.3 is 9.64 Å². The van der Waals surface area contributed by atoms with Crippen LogP contribution in [-0.4, -0.2) is 63.4 Å². The zero-order valence-electron chi connectivity index (χ0n) is 12.9. The highest BCUT2D eigenvalue weighted by atomic mass is 35.5. The first-order valence-corrected chi connectivity index (χ1v) is 9.31. The van der Waals surface area contributed by atoms with Crippen molar-refractivity contribution in [3.63, 3.8) is 0 Å². The predicted octanol–water partition coefficient (Wildman–Crippen LogP) is 2.11. The number of nitrogens with zero attached hydrogens (tertiary/aromatic N) is 2. The lowest BCUT2D eigenvalue weighted by atomic mass is 10.2. The van der Waals surface area contributed by atoms with Gasteiger partial charge in [0.05, 0.1) is 28.8 Å². The molecule has 1 fully saturated rings. The van der Waals surface area contributed by atoms with Gasteiger partial charge in [0.1, 0.15) is 4.90 Å². The molecule has 1 amide bonds. The van der Waals surface area contributed by atoms with Crippen LogP contribution in [0.15, 0.2) is 17.0 Å². The van der Waals surface area contributed by atoms with E-state index in [9.17, 15) is 13.2 Å². The third kappa shape index (κ3) is 3.80. The van der Waals surface area contributed by atoms with Crippen molar-refractivity contribution in [2.24, 2.45) is 0 Å². The van der Waals surface area contributed by atoms with Crippen molar-refractivity contribution < 1.29 is 17.9 Å². The zero-order chi connectivity index (χ0) is 17.2. The number of benzene rings is 1. The summed E-state index contributed by atoms with van der Waals surface area (Å²) >= 11 is 12.1. The highest BCUT2D eigenvalue weighted by Crippen LogP contribution is 2.31. The number of rotatable bonds is 4. The molecule has 0 aromatic heterocycles. The molecular weight excluding hydrogens is 363 g/mol. The van der Waals surface area contributed by atoms with Crippen LogP contribution in [-0.2, 0) is 14.8 Å². The van der Waals surface area contributed by atoms with Crippen LogP contribution in [0, 0.1) is 0 Å². The third-order valence-electron chi connectivity index (χ3n) is 3.66. The second-order valence-electron chi connectivity index (χ2n) is 5.10. The molecule has 128 valence electrons. The second-order valence-corrected chi connectivity index (χ2v) is 7.82. The van der Waals surface area contributed by atoms with Gasteiger partial charge in [0.2, 0.25) is 10.0 Å². The number of hydrogen-bond acceptors (Lipinski definition) is 4. The normalized spacial score (nSPS) is 16.3. The van der Waals surface area contributed by atoms with E-state index in [0.29, 0.717) is 19.8 Å². The van der Waals surface area contributed by atoms with Crippen LogP contribution >= 0.6 is 23.2 Å². The van der Waals surface area contributed by atoms with Crippen molar-refractivity contribution in [2.45, 2.75) is 11.8 Å². The lowest BCUT2D eigenvalue weighted by molar-refractivity contribution is 0.0730. The minimum absolute atomic E-state index is 0.00260. The average molecular weight is 381 g/mol. The quantitative estimate of drug-likeness (QED) is 0.801. The molecule has 9 heteroatoms. The van der Waals surface area contributed by atoms with Gasteiger partial charge in [-0.15, -0.1) is 0 Å². The molecule has 0 saturated carbocycles. The van der Waals surface area contributed by atoms with E-state index < -0.39 is 10.0 Å². The number of carbonyl (C=O) groups is 1. The molecule has 0 bridgehead atoms. The van der Waals surface area contributed by atoms with Crippen molar-refractivity contribution in [2.75, 3.05) is 39.9 Å². The topological polar surface area (TPSA) is 66.9 Å². The van der Waals surface area contributed by atoms with Gasteiger partial charge in [-0.05, 0) is 19.1 Å². The molecule has 23 heavy (non-hydrogen) atoms. The van der Waals surface area contributed by atoms with E-state index in [1.165, 1.54) is 21.3 Å². The fourth-order valence-electron chi connectivity index (χ4n) is 2.17. The fraction of sp³-hybridized carbons (Fsp3) is 0.500. The minimum Gasteiger partial charge on any atom is -0.379 e. The Balaban J connectivity index is 2.48. The van der Waals surface area contributed by atoms with Crippen LogP contribution in [0.25, 0.3) is 0 Å². The molecule has 2 rings (SSSR count). The summed E-state index contributed by atoms with van der Waals surface area (Å²) in [5, 5.41) is 0.124. The van der Waals surface area contributed by atoms with E-state index >= 15 is 0 Å². The minimum atomic E-state index is -3.81. The number of amides is 1. The van der Waals surface area contributed by atoms with E-state index in [1.807, 2.05) is 6.92 Å². The first-order chi connectivity index (χ1) is 10.8. The van der Waals surface area contributed by atoms with Gasteiger partial charge in [-0.2, -0.15) is 4.31 Å². The summed E-state index contributed by atoms with van der Waals surface area (Å²) in [5.41, 5.74) is 0.118. The zero-order valence-corrected chi connectivity index (χ0v) is 15.2. The van der Waals surface area contributed by atoms with Crippen molar-refractivity contribution in [1.29, 1.82) is 0 Å². The molecule has 0 atom stereocenters. The number of halogens is 2. The van der Waals surface area contributed by atoms with Gasteiger partial charge in [-0.1, -0.05) is 23.2 Å². The molecule has 0 unspecified atom stereocenters. The molecule has 1 aliphatic heterocycles. The van der Waals surface area contributed by atoms with E-state index in [2.05, 4.69) is 0 Å². The van der Waals surface area contributed by atoms with Crippen LogP contribution in [0.5, 0.6) is 0 Å². The summed E-state index contributed by atoms with van der Waals surface area (Å²) in [6.45, 7) is 3.44. The third-order valence-corrected chi connectivity index (χ3v) is 6.34.